The quantitative estimate of drug-likeness (QED) is 0.653. The maximum absolute atomic E-state index is 5.97. The third-order valence-electron chi connectivity index (χ3n) is 2.20. The molecule has 0 amide bonds. The molecule has 0 aliphatic carbocycles. The molecule has 0 atom stereocenters. The summed E-state index contributed by atoms with van der Waals surface area (Å²) in [6.07, 6.45) is 0. The van der Waals surface area contributed by atoms with Gasteiger partial charge in [-0.25, -0.2) is 0 Å². The summed E-state index contributed by atoms with van der Waals surface area (Å²) in [4.78, 5) is 2.26. The fraction of sp³-hybridized carbons (Fsp3) is 0.0769. The zero-order chi connectivity index (χ0) is 11.4. The predicted octanol–water partition coefficient (Wildman–Crippen LogP) is 4.16. The average molecular weight is 250 g/mol. The monoisotopic (exact) mass is 249 g/mol. The van der Waals surface area contributed by atoms with Crippen LogP contribution in [0, 0.1) is 0 Å². The molecule has 0 unspecified atom stereocenters. The van der Waals surface area contributed by atoms with E-state index in [1.165, 1.54) is 4.90 Å². The summed E-state index contributed by atoms with van der Waals surface area (Å²) in [7, 11) is 0. The van der Waals surface area contributed by atoms with Gasteiger partial charge in [-0.3, -0.25) is 0 Å². The third kappa shape index (κ3) is 2.71. The molecule has 0 heterocycles. The minimum Gasteiger partial charge on any atom is -0.398 e. The molecule has 0 saturated heterocycles. The molecular formula is C13H12ClNS. The summed E-state index contributed by atoms with van der Waals surface area (Å²) in [6.45, 7) is 0. The van der Waals surface area contributed by atoms with Gasteiger partial charge in [0.2, 0.25) is 0 Å². The molecular weight excluding hydrogens is 238 g/mol. The maximum Gasteiger partial charge on any atom is 0.0474 e. The van der Waals surface area contributed by atoms with Crippen molar-refractivity contribution >= 4 is 29.1 Å². The van der Waals surface area contributed by atoms with Crippen LogP contribution < -0.4 is 5.73 Å². The van der Waals surface area contributed by atoms with Crippen LogP contribution in [0.5, 0.6) is 0 Å². The minimum absolute atomic E-state index is 0.500. The summed E-state index contributed by atoms with van der Waals surface area (Å²) in [6, 6.07) is 16.1. The Bertz CT molecular complexity index is 471. The van der Waals surface area contributed by atoms with Crippen LogP contribution >= 0.6 is 23.4 Å². The number of rotatable bonds is 3. The van der Waals surface area contributed by atoms with Gasteiger partial charge in [0.05, 0.1) is 0 Å². The normalized spacial score (nSPS) is 10.3. The predicted molar refractivity (Wildman–Crippen MR) is 71.0 cm³/mol. The molecule has 0 spiro atoms. The number of nitrogens with two attached hydrogens (primary N) is 1. The van der Waals surface area contributed by atoms with E-state index in [-0.39, 0.29) is 0 Å². The molecule has 2 aromatic carbocycles. The molecule has 3 heteroatoms. The van der Waals surface area contributed by atoms with Gasteiger partial charge in [-0.1, -0.05) is 36.0 Å². The first-order chi connectivity index (χ1) is 7.79. The smallest absolute Gasteiger partial charge is 0.0474 e. The Morgan fingerprint density at radius 2 is 1.81 bits per heavy atom. The number of halogens is 1. The molecule has 2 rings (SSSR count). The van der Waals surface area contributed by atoms with Crippen molar-refractivity contribution in [3.05, 3.63) is 54.1 Å². The Morgan fingerprint density at radius 3 is 2.44 bits per heavy atom. The highest BCUT2D eigenvalue weighted by molar-refractivity contribution is 7.99. The molecule has 2 N–H and O–H groups in total. The number of hydrogen-bond donors (Lipinski definition) is 1. The molecule has 0 aromatic heterocycles. The number of nitrogen functional groups attached to an aromatic ring is 1. The second kappa shape index (κ2) is 5.28. The zero-order valence-corrected chi connectivity index (χ0v) is 10.3. The molecule has 0 saturated carbocycles. The van der Waals surface area contributed by atoms with Crippen LogP contribution in [0.25, 0.3) is 0 Å². The van der Waals surface area contributed by atoms with E-state index in [0.29, 0.717) is 5.88 Å². The Morgan fingerprint density at radius 1 is 1.06 bits per heavy atom. The van der Waals surface area contributed by atoms with Gasteiger partial charge in [0, 0.05) is 21.4 Å². The second-order valence-electron chi connectivity index (χ2n) is 3.42. The SMILES string of the molecule is Nc1cc(CCl)ccc1Sc1ccccc1. The van der Waals surface area contributed by atoms with E-state index in [4.69, 9.17) is 17.3 Å². The van der Waals surface area contributed by atoms with Crippen LogP contribution in [-0.4, -0.2) is 0 Å². The van der Waals surface area contributed by atoms with Crippen molar-refractivity contribution in [1.82, 2.24) is 0 Å². The number of hydrogen-bond acceptors (Lipinski definition) is 2. The van der Waals surface area contributed by atoms with Crippen molar-refractivity contribution in [2.45, 2.75) is 15.7 Å². The highest BCUT2D eigenvalue weighted by Gasteiger charge is 2.02. The molecule has 0 fully saturated rings. The van der Waals surface area contributed by atoms with Gasteiger partial charge in [0.1, 0.15) is 0 Å². The fourth-order valence-corrected chi connectivity index (χ4v) is 2.42. The summed E-state index contributed by atoms with van der Waals surface area (Å²) in [5.41, 5.74) is 7.80. The van der Waals surface area contributed by atoms with E-state index in [9.17, 15) is 0 Å². The van der Waals surface area contributed by atoms with Crippen LogP contribution in [0.1, 0.15) is 5.56 Å². The van der Waals surface area contributed by atoms with Crippen molar-refractivity contribution in [2.24, 2.45) is 0 Å². The van der Waals surface area contributed by atoms with E-state index >= 15 is 0 Å². The fourth-order valence-electron chi connectivity index (χ4n) is 1.39. The van der Waals surface area contributed by atoms with E-state index in [2.05, 4.69) is 12.1 Å². The molecule has 2 aromatic rings. The highest BCUT2D eigenvalue weighted by atomic mass is 35.5. The zero-order valence-electron chi connectivity index (χ0n) is 8.69. The molecule has 0 aliphatic heterocycles. The van der Waals surface area contributed by atoms with Crippen LogP contribution in [-0.2, 0) is 5.88 Å². The Kier molecular flexibility index (Phi) is 3.75. The van der Waals surface area contributed by atoms with Gasteiger partial charge in [-0.2, -0.15) is 0 Å². The van der Waals surface area contributed by atoms with Gasteiger partial charge in [-0.15, -0.1) is 11.6 Å². The molecule has 0 bridgehead atoms. The van der Waals surface area contributed by atoms with E-state index < -0.39 is 0 Å². The minimum atomic E-state index is 0.500. The Labute approximate surface area is 105 Å². The number of anilines is 1. The lowest BCUT2D eigenvalue weighted by atomic mass is 10.2. The average Bonchev–Trinajstić information content (AvgIpc) is 2.33. The van der Waals surface area contributed by atoms with Gasteiger partial charge in [-0.05, 0) is 29.8 Å². The Balaban J connectivity index is 2.22. The molecule has 1 nitrogen and oxygen atoms in total. The molecule has 0 aliphatic rings. The maximum atomic E-state index is 5.97. The number of alkyl halides is 1. The lowest BCUT2D eigenvalue weighted by Crippen LogP contribution is -1.90. The topological polar surface area (TPSA) is 26.0 Å². The Hall–Kier alpha value is -1.12. The first kappa shape index (κ1) is 11.4. The van der Waals surface area contributed by atoms with Crippen molar-refractivity contribution in [1.29, 1.82) is 0 Å². The van der Waals surface area contributed by atoms with Crippen LogP contribution in [0.3, 0.4) is 0 Å². The molecule has 16 heavy (non-hydrogen) atoms. The first-order valence-electron chi connectivity index (χ1n) is 4.97. The summed E-state index contributed by atoms with van der Waals surface area (Å²) in [5, 5.41) is 0. The third-order valence-corrected chi connectivity index (χ3v) is 3.61. The van der Waals surface area contributed by atoms with Gasteiger partial charge >= 0.3 is 0 Å². The summed E-state index contributed by atoms with van der Waals surface area (Å²) >= 11 is 7.41. The van der Waals surface area contributed by atoms with Crippen LogP contribution in [0.4, 0.5) is 5.69 Å². The van der Waals surface area contributed by atoms with Gasteiger partial charge in [0.15, 0.2) is 0 Å². The van der Waals surface area contributed by atoms with E-state index in [0.717, 1.165) is 16.1 Å². The molecule has 82 valence electrons. The van der Waals surface area contributed by atoms with E-state index in [1.54, 1.807) is 11.8 Å². The van der Waals surface area contributed by atoms with Crippen LogP contribution in [0.15, 0.2) is 58.3 Å². The lowest BCUT2D eigenvalue weighted by molar-refractivity contribution is 1.33. The standard InChI is InChI=1S/C13H12ClNS/c14-9-10-6-7-13(12(15)8-10)16-11-4-2-1-3-5-11/h1-8H,9,15H2. The number of benzene rings is 2. The first-order valence-corrected chi connectivity index (χ1v) is 6.32. The highest BCUT2D eigenvalue weighted by Crippen LogP contribution is 2.32. The lowest BCUT2D eigenvalue weighted by Gasteiger charge is -2.06. The second-order valence-corrected chi connectivity index (χ2v) is 4.80. The summed E-state index contributed by atoms with van der Waals surface area (Å²) < 4.78 is 0. The van der Waals surface area contributed by atoms with Crippen LogP contribution in [0.2, 0.25) is 0 Å². The van der Waals surface area contributed by atoms with Crippen molar-refractivity contribution in [3.8, 4) is 0 Å². The van der Waals surface area contributed by atoms with Gasteiger partial charge < -0.3 is 5.73 Å². The van der Waals surface area contributed by atoms with Crippen molar-refractivity contribution in [3.63, 3.8) is 0 Å². The van der Waals surface area contributed by atoms with Crippen molar-refractivity contribution in [2.75, 3.05) is 5.73 Å². The largest absolute Gasteiger partial charge is 0.398 e. The van der Waals surface area contributed by atoms with Crippen molar-refractivity contribution < 1.29 is 0 Å². The van der Waals surface area contributed by atoms with Gasteiger partial charge in [0.25, 0.3) is 0 Å². The summed E-state index contributed by atoms with van der Waals surface area (Å²) in [5.74, 6) is 0.500. The molecule has 0 radical (unpaired) electrons. The van der Waals surface area contributed by atoms with E-state index in [1.807, 2.05) is 36.4 Å².